The monoisotopic (exact) mass is 325 g/mol. The lowest BCUT2D eigenvalue weighted by molar-refractivity contribution is -0.121. The highest BCUT2D eigenvalue weighted by Gasteiger charge is 2.28. The molecule has 1 fully saturated rings. The molecule has 1 aromatic carbocycles. The molecule has 0 spiro atoms. The Bertz CT molecular complexity index is 553. The number of amides is 3. The molecule has 1 aromatic rings. The van der Waals surface area contributed by atoms with Crippen LogP contribution in [0, 0.1) is 0 Å². The Morgan fingerprint density at radius 1 is 1.45 bits per heavy atom. The number of nitrogens with two attached hydrogens (primary N) is 1. The van der Waals surface area contributed by atoms with Crippen LogP contribution >= 0.6 is 11.6 Å². The number of morpholine rings is 1. The number of hydrogen-bond acceptors (Lipinski definition) is 4. The van der Waals surface area contributed by atoms with Gasteiger partial charge in [0.15, 0.2) is 0 Å². The second-order valence-electron chi connectivity index (χ2n) is 5.35. The summed E-state index contributed by atoms with van der Waals surface area (Å²) in [6.45, 7) is 3.78. The molecule has 3 amide bonds. The third-order valence-corrected chi connectivity index (χ3v) is 4.05. The molecule has 3 N–H and O–H groups in total. The maximum atomic E-state index is 11.5. The van der Waals surface area contributed by atoms with E-state index in [0.717, 1.165) is 5.56 Å². The van der Waals surface area contributed by atoms with Crippen molar-refractivity contribution in [3.63, 3.8) is 0 Å². The van der Waals surface area contributed by atoms with Gasteiger partial charge in [0.1, 0.15) is 0 Å². The fourth-order valence-corrected chi connectivity index (χ4v) is 2.74. The lowest BCUT2D eigenvalue weighted by Crippen LogP contribution is -2.46. The van der Waals surface area contributed by atoms with E-state index in [0.29, 0.717) is 24.7 Å². The van der Waals surface area contributed by atoms with Crippen LogP contribution in [-0.4, -0.2) is 42.6 Å². The van der Waals surface area contributed by atoms with Gasteiger partial charge in [0.05, 0.1) is 12.7 Å². The summed E-state index contributed by atoms with van der Waals surface area (Å²) >= 11 is 6.21. The molecule has 0 saturated carbocycles. The Balaban J connectivity index is 1.95. The Morgan fingerprint density at radius 2 is 2.18 bits per heavy atom. The van der Waals surface area contributed by atoms with Gasteiger partial charge in [-0.3, -0.25) is 15.0 Å². The third-order valence-electron chi connectivity index (χ3n) is 3.70. The van der Waals surface area contributed by atoms with E-state index in [4.69, 9.17) is 22.1 Å². The van der Waals surface area contributed by atoms with Crippen LogP contribution in [-0.2, 0) is 9.53 Å². The van der Waals surface area contributed by atoms with Crippen molar-refractivity contribution < 1.29 is 14.3 Å². The number of benzene rings is 1. The smallest absolute Gasteiger partial charge is 0.318 e. The van der Waals surface area contributed by atoms with Crippen LogP contribution in [0.1, 0.15) is 25.0 Å². The van der Waals surface area contributed by atoms with Crippen molar-refractivity contribution in [3.05, 3.63) is 34.9 Å². The van der Waals surface area contributed by atoms with Crippen LogP contribution in [0.5, 0.6) is 0 Å². The second kappa shape index (κ2) is 7.58. The average molecular weight is 326 g/mol. The van der Waals surface area contributed by atoms with Crippen LogP contribution in [0.4, 0.5) is 4.79 Å². The number of carbonyl (C=O) groups excluding carboxylic acids is 2. The molecular formula is C15H20ClN3O3. The van der Waals surface area contributed by atoms with E-state index >= 15 is 0 Å². The average Bonchev–Trinajstić information content (AvgIpc) is 2.46. The predicted molar refractivity (Wildman–Crippen MR) is 83.5 cm³/mol. The molecule has 7 heteroatoms. The summed E-state index contributed by atoms with van der Waals surface area (Å²) < 4.78 is 5.86. The summed E-state index contributed by atoms with van der Waals surface area (Å²) in [6, 6.07) is 6.95. The molecule has 6 nitrogen and oxygen atoms in total. The molecule has 2 atom stereocenters. The number of hydrogen-bond donors (Lipinski definition) is 2. The van der Waals surface area contributed by atoms with Crippen molar-refractivity contribution in [2.24, 2.45) is 5.73 Å². The number of urea groups is 1. The van der Waals surface area contributed by atoms with E-state index in [-0.39, 0.29) is 24.5 Å². The molecule has 0 aromatic heterocycles. The number of imide groups is 1. The number of primary amides is 1. The summed E-state index contributed by atoms with van der Waals surface area (Å²) in [5, 5.41) is 2.74. The molecular weight excluding hydrogens is 306 g/mol. The number of nitrogens with one attached hydrogen (secondary N) is 1. The SMILES string of the molecule is C[C@@H]1CO[C@@H](c2ccccc2Cl)CN1CCC(=O)NC(N)=O. The molecule has 0 unspecified atom stereocenters. The first-order valence-electron chi connectivity index (χ1n) is 7.16. The van der Waals surface area contributed by atoms with E-state index in [1.54, 1.807) is 0 Å². The van der Waals surface area contributed by atoms with Gasteiger partial charge < -0.3 is 10.5 Å². The number of nitrogens with zero attached hydrogens (tertiary/aromatic N) is 1. The minimum Gasteiger partial charge on any atom is -0.371 e. The van der Waals surface area contributed by atoms with Gasteiger partial charge in [0, 0.05) is 36.1 Å². The molecule has 22 heavy (non-hydrogen) atoms. The van der Waals surface area contributed by atoms with Gasteiger partial charge in [-0.2, -0.15) is 0 Å². The molecule has 0 bridgehead atoms. The van der Waals surface area contributed by atoms with Gasteiger partial charge >= 0.3 is 6.03 Å². The van der Waals surface area contributed by atoms with Crippen molar-refractivity contribution in [3.8, 4) is 0 Å². The standard InChI is InChI=1S/C15H20ClN3O3/c1-10-9-22-13(11-4-2-3-5-12(11)16)8-19(10)7-6-14(20)18-15(17)21/h2-5,10,13H,6-9H2,1H3,(H3,17,18,20,21)/t10-,13-/m1/s1. The number of ether oxygens (including phenoxy) is 1. The third kappa shape index (κ3) is 4.43. The van der Waals surface area contributed by atoms with Crippen molar-refractivity contribution in [1.82, 2.24) is 10.2 Å². The van der Waals surface area contributed by atoms with Gasteiger partial charge in [-0.25, -0.2) is 4.79 Å². The molecule has 1 aliphatic heterocycles. The van der Waals surface area contributed by atoms with Crippen molar-refractivity contribution in [2.45, 2.75) is 25.5 Å². The highest BCUT2D eigenvalue weighted by Crippen LogP contribution is 2.29. The molecule has 0 radical (unpaired) electrons. The van der Waals surface area contributed by atoms with E-state index in [2.05, 4.69) is 10.2 Å². The molecule has 1 aliphatic rings. The van der Waals surface area contributed by atoms with E-state index in [1.165, 1.54) is 0 Å². The zero-order chi connectivity index (χ0) is 16.1. The number of carbonyl (C=O) groups is 2. The normalized spacial score (nSPS) is 22.3. The minimum atomic E-state index is -0.825. The second-order valence-corrected chi connectivity index (χ2v) is 5.76. The van der Waals surface area contributed by atoms with Crippen molar-refractivity contribution in [2.75, 3.05) is 19.7 Å². The van der Waals surface area contributed by atoms with Crippen LogP contribution in [0.25, 0.3) is 0 Å². The van der Waals surface area contributed by atoms with E-state index in [9.17, 15) is 9.59 Å². The highest BCUT2D eigenvalue weighted by atomic mass is 35.5. The van der Waals surface area contributed by atoms with Gasteiger partial charge in [-0.15, -0.1) is 0 Å². The fourth-order valence-electron chi connectivity index (χ4n) is 2.49. The number of rotatable bonds is 4. The van der Waals surface area contributed by atoms with Gasteiger partial charge in [0.2, 0.25) is 5.91 Å². The van der Waals surface area contributed by atoms with Gasteiger partial charge in [-0.05, 0) is 13.0 Å². The first kappa shape index (κ1) is 16.7. The summed E-state index contributed by atoms with van der Waals surface area (Å²) in [5.41, 5.74) is 5.87. The largest absolute Gasteiger partial charge is 0.371 e. The quantitative estimate of drug-likeness (QED) is 0.882. The zero-order valence-corrected chi connectivity index (χ0v) is 13.2. The zero-order valence-electron chi connectivity index (χ0n) is 12.4. The van der Waals surface area contributed by atoms with Crippen LogP contribution < -0.4 is 11.1 Å². The first-order valence-corrected chi connectivity index (χ1v) is 7.54. The highest BCUT2D eigenvalue weighted by molar-refractivity contribution is 6.31. The maximum Gasteiger partial charge on any atom is 0.318 e. The molecule has 2 rings (SSSR count). The Hall–Kier alpha value is -1.63. The maximum absolute atomic E-state index is 11.5. The Morgan fingerprint density at radius 3 is 2.86 bits per heavy atom. The topological polar surface area (TPSA) is 84.7 Å². The van der Waals surface area contributed by atoms with Crippen LogP contribution in [0.15, 0.2) is 24.3 Å². The predicted octanol–water partition coefficient (Wildman–Crippen LogP) is 1.69. The Labute approximate surface area is 134 Å². The van der Waals surface area contributed by atoms with Gasteiger partial charge in [0.25, 0.3) is 0 Å². The summed E-state index contributed by atoms with van der Waals surface area (Å²) in [4.78, 5) is 24.3. The van der Waals surface area contributed by atoms with Crippen LogP contribution in [0.3, 0.4) is 0 Å². The lowest BCUT2D eigenvalue weighted by atomic mass is 10.1. The van der Waals surface area contributed by atoms with Gasteiger partial charge in [-0.1, -0.05) is 29.8 Å². The molecule has 0 aliphatic carbocycles. The first-order chi connectivity index (χ1) is 10.5. The number of halogens is 1. The summed E-state index contributed by atoms with van der Waals surface area (Å²) in [7, 11) is 0. The van der Waals surface area contributed by atoms with Crippen LogP contribution in [0.2, 0.25) is 5.02 Å². The Kier molecular flexibility index (Phi) is 5.76. The molecule has 120 valence electrons. The van der Waals surface area contributed by atoms with E-state index in [1.807, 2.05) is 31.2 Å². The summed E-state index contributed by atoms with van der Waals surface area (Å²) in [5.74, 6) is -0.375. The molecule has 1 heterocycles. The fraction of sp³-hybridized carbons (Fsp3) is 0.467. The molecule has 1 saturated heterocycles. The summed E-state index contributed by atoms with van der Waals surface area (Å²) in [6.07, 6.45) is 0.0896. The lowest BCUT2D eigenvalue weighted by Gasteiger charge is -2.38. The van der Waals surface area contributed by atoms with E-state index < -0.39 is 6.03 Å². The minimum absolute atomic E-state index is 0.121. The van der Waals surface area contributed by atoms with Crippen molar-refractivity contribution in [1.29, 1.82) is 0 Å². The van der Waals surface area contributed by atoms with Crippen molar-refractivity contribution >= 4 is 23.5 Å².